The van der Waals surface area contributed by atoms with Crippen LogP contribution in [0, 0.1) is 0 Å². The van der Waals surface area contributed by atoms with Crippen molar-refractivity contribution in [2.45, 2.75) is 0 Å². The third kappa shape index (κ3) is 4.70. The predicted octanol–water partition coefficient (Wildman–Crippen LogP) is 1.54. The predicted molar refractivity (Wildman–Crippen MR) is 122 cm³/mol. The highest BCUT2D eigenvalue weighted by Gasteiger charge is 2.16. The average Bonchev–Trinajstić information content (AvgIpc) is 2.80. The van der Waals surface area contributed by atoms with Gasteiger partial charge < -0.3 is 30.3 Å². The Labute approximate surface area is 180 Å². The van der Waals surface area contributed by atoms with E-state index in [0.717, 1.165) is 37.6 Å². The minimum absolute atomic E-state index is 0.313. The molecule has 0 spiro atoms. The molecule has 10 nitrogen and oxygen atoms in total. The van der Waals surface area contributed by atoms with Crippen LogP contribution in [0.2, 0.25) is 0 Å². The van der Waals surface area contributed by atoms with E-state index in [0.29, 0.717) is 41.3 Å². The van der Waals surface area contributed by atoms with Crippen molar-refractivity contribution in [3.63, 3.8) is 0 Å². The number of H-pyrrole nitrogens is 1. The SMILES string of the molecule is COCCNc1cc2cn[nH]c(=O)c2c(Nc2ccc(N3CCNCC3)cc2OC)n1. The molecule has 1 saturated heterocycles. The molecule has 2 aromatic heterocycles. The summed E-state index contributed by atoms with van der Waals surface area (Å²) in [5.41, 5.74) is 1.51. The van der Waals surface area contributed by atoms with Crippen LogP contribution in [-0.2, 0) is 4.74 Å². The Morgan fingerprint density at radius 1 is 1.19 bits per heavy atom. The Kier molecular flexibility index (Phi) is 6.48. The number of rotatable bonds is 8. The fraction of sp³-hybridized carbons (Fsp3) is 0.381. The molecule has 164 valence electrons. The number of nitrogens with one attached hydrogen (secondary N) is 4. The number of aromatic amines is 1. The first-order chi connectivity index (χ1) is 15.2. The first-order valence-corrected chi connectivity index (χ1v) is 10.2. The lowest BCUT2D eigenvalue weighted by atomic mass is 10.2. The molecule has 1 aliphatic rings. The van der Waals surface area contributed by atoms with Crippen LogP contribution in [0.25, 0.3) is 10.8 Å². The van der Waals surface area contributed by atoms with Crippen molar-refractivity contribution < 1.29 is 9.47 Å². The maximum Gasteiger partial charge on any atom is 0.275 e. The molecule has 3 aromatic rings. The molecule has 4 N–H and O–H groups in total. The van der Waals surface area contributed by atoms with E-state index in [1.165, 1.54) is 0 Å². The van der Waals surface area contributed by atoms with E-state index in [2.05, 4.69) is 36.0 Å². The molecule has 1 fully saturated rings. The molecular weight excluding hydrogens is 398 g/mol. The number of pyridine rings is 1. The summed E-state index contributed by atoms with van der Waals surface area (Å²) in [7, 11) is 3.27. The van der Waals surface area contributed by atoms with E-state index in [1.54, 1.807) is 26.5 Å². The van der Waals surface area contributed by atoms with Crippen molar-refractivity contribution >= 4 is 33.8 Å². The monoisotopic (exact) mass is 425 g/mol. The number of piperazine rings is 1. The van der Waals surface area contributed by atoms with Crippen molar-refractivity contribution in [2.24, 2.45) is 0 Å². The van der Waals surface area contributed by atoms with E-state index in [4.69, 9.17) is 9.47 Å². The summed E-state index contributed by atoms with van der Waals surface area (Å²) in [6.45, 7) is 4.93. The Morgan fingerprint density at radius 3 is 2.81 bits per heavy atom. The Hall–Kier alpha value is -3.37. The van der Waals surface area contributed by atoms with Gasteiger partial charge in [-0.1, -0.05) is 0 Å². The molecule has 1 aliphatic heterocycles. The molecule has 0 bridgehead atoms. The van der Waals surface area contributed by atoms with Gasteiger partial charge in [-0.3, -0.25) is 4.79 Å². The van der Waals surface area contributed by atoms with Crippen molar-refractivity contribution in [2.75, 3.05) is 69.1 Å². The highest BCUT2D eigenvalue weighted by molar-refractivity contribution is 5.94. The summed E-state index contributed by atoms with van der Waals surface area (Å²) in [5.74, 6) is 1.72. The number of hydrogen-bond acceptors (Lipinski definition) is 9. The molecule has 1 aromatic carbocycles. The van der Waals surface area contributed by atoms with E-state index in [9.17, 15) is 4.79 Å². The lowest BCUT2D eigenvalue weighted by Gasteiger charge is -2.30. The van der Waals surface area contributed by atoms with Crippen molar-refractivity contribution in [3.8, 4) is 5.75 Å². The molecule has 0 saturated carbocycles. The van der Waals surface area contributed by atoms with E-state index < -0.39 is 0 Å². The third-order valence-corrected chi connectivity index (χ3v) is 5.18. The van der Waals surface area contributed by atoms with Gasteiger partial charge in [0.1, 0.15) is 17.4 Å². The first-order valence-electron chi connectivity index (χ1n) is 10.2. The normalized spacial score (nSPS) is 13.9. The van der Waals surface area contributed by atoms with Crippen LogP contribution in [0.15, 0.2) is 35.3 Å². The Bertz CT molecular complexity index is 1100. The molecule has 0 atom stereocenters. The zero-order valence-corrected chi connectivity index (χ0v) is 17.7. The second-order valence-corrected chi connectivity index (χ2v) is 7.19. The van der Waals surface area contributed by atoms with Gasteiger partial charge in [-0.05, 0) is 18.2 Å². The van der Waals surface area contributed by atoms with Crippen LogP contribution in [0.4, 0.5) is 23.0 Å². The second kappa shape index (κ2) is 9.63. The molecule has 0 radical (unpaired) electrons. The number of hydrogen-bond donors (Lipinski definition) is 4. The number of benzene rings is 1. The van der Waals surface area contributed by atoms with Gasteiger partial charge in [-0.15, -0.1) is 0 Å². The van der Waals surface area contributed by atoms with Crippen LogP contribution >= 0.6 is 0 Å². The summed E-state index contributed by atoms with van der Waals surface area (Å²) in [6, 6.07) is 7.79. The van der Waals surface area contributed by atoms with Gasteiger partial charge in [0.25, 0.3) is 5.56 Å². The molecule has 3 heterocycles. The molecule has 0 unspecified atom stereocenters. The van der Waals surface area contributed by atoms with Crippen molar-refractivity contribution in [1.29, 1.82) is 0 Å². The van der Waals surface area contributed by atoms with Gasteiger partial charge in [0, 0.05) is 57.0 Å². The smallest absolute Gasteiger partial charge is 0.275 e. The van der Waals surface area contributed by atoms with Gasteiger partial charge in [0.15, 0.2) is 0 Å². The summed E-state index contributed by atoms with van der Waals surface area (Å²) in [6.07, 6.45) is 1.61. The fourth-order valence-corrected chi connectivity index (χ4v) is 3.61. The maximum atomic E-state index is 12.5. The quantitative estimate of drug-likeness (QED) is 0.399. The Morgan fingerprint density at radius 2 is 2.03 bits per heavy atom. The standard InChI is InChI=1S/C21H27N7O3/c1-30-10-7-23-18-11-14-13-24-27-21(29)19(14)20(26-18)25-16-4-3-15(12-17(16)31-2)28-8-5-22-6-9-28/h3-4,11-13,22H,5-10H2,1-2H3,(H,27,29)(H2,23,25,26). The number of aromatic nitrogens is 3. The van der Waals surface area contributed by atoms with Crippen LogP contribution in [-0.4, -0.2) is 68.7 Å². The van der Waals surface area contributed by atoms with E-state index in [1.807, 2.05) is 18.2 Å². The fourth-order valence-electron chi connectivity index (χ4n) is 3.61. The van der Waals surface area contributed by atoms with Gasteiger partial charge in [-0.25, -0.2) is 10.1 Å². The number of nitrogens with zero attached hydrogens (tertiary/aromatic N) is 3. The van der Waals surface area contributed by atoms with Gasteiger partial charge in [-0.2, -0.15) is 5.10 Å². The van der Waals surface area contributed by atoms with E-state index in [-0.39, 0.29) is 5.56 Å². The summed E-state index contributed by atoms with van der Waals surface area (Å²) >= 11 is 0. The molecule has 0 amide bonds. The van der Waals surface area contributed by atoms with Crippen LogP contribution in [0.1, 0.15) is 0 Å². The van der Waals surface area contributed by atoms with Crippen LogP contribution < -0.4 is 31.1 Å². The van der Waals surface area contributed by atoms with Gasteiger partial charge in [0.2, 0.25) is 0 Å². The minimum Gasteiger partial charge on any atom is -0.494 e. The summed E-state index contributed by atoms with van der Waals surface area (Å²) in [5, 5.41) is 17.4. The minimum atomic E-state index is -0.313. The first kappa shape index (κ1) is 20.9. The van der Waals surface area contributed by atoms with Crippen molar-refractivity contribution in [3.05, 3.63) is 40.8 Å². The topological polar surface area (TPSA) is 116 Å². The highest BCUT2D eigenvalue weighted by atomic mass is 16.5. The number of ether oxygens (including phenoxy) is 2. The average molecular weight is 425 g/mol. The Balaban J connectivity index is 1.69. The third-order valence-electron chi connectivity index (χ3n) is 5.18. The van der Waals surface area contributed by atoms with Gasteiger partial charge in [0.05, 0.1) is 31.0 Å². The molecular formula is C21H27N7O3. The largest absolute Gasteiger partial charge is 0.494 e. The lowest BCUT2D eigenvalue weighted by molar-refractivity contribution is 0.210. The molecule has 0 aliphatic carbocycles. The summed E-state index contributed by atoms with van der Waals surface area (Å²) in [4.78, 5) is 19.4. The second-order valence-electron chi connectivity index (χ2n) is 7.19. The zero-order chi connectivity index (χ0) is 21.6. The lowest BCUT2D eigenvalue weighted by Crippen LogP contribution is -2.43. The van der Waals surface area contributed by atoms with E-state index >= 15 is 0 Å². The van der Waals surface area contributed by atoms with Gasteiger partial charge >= 0.3 is 0 Å². The molecule has 10 heteroatoms. The number of methoxy groups -OCH3 is 2. The van der Waals surface area contributed by atoms with Crippen LogP contribution in [0.5, 0.6) is 5.75 Å². The number of fused-ring (bicyclic) bond motifs is 1. The van der Waals surface area contributed by atoms with Crippen molar-refractivity contribution in [1.82, 2.24) is 20.5 Å². The van der Waals surface area contributed by atoms with Crippen LogP contribution in [0.3, 0.4) is 0 Å². The number of anilines is 4. The zero-order valence-electron chi connectivity index (χ0n) is 17.7. The highest BCUT2D eigenvalue weighted by Crippen LogP contribution is 2.33. The molecule has 4 rings (SSSR count). The summed E-state index contributed by atoms with van der Waals surface area (Å²) < 4.78 is 10.7. The maximum absolute atomic E-state index is 12.5. The molecule has 31 heavy (non-hydrogen) atoms.